The first-order valence-corrected chi connectivity index (χ1v) is 6.66. The van der Waals surface area contributed by atoms with Gasteiger partial charge in [-0.05, 0) is 36.6 Å². The van der Waals surface area contributed by atoms with Crippen LogP contribution in [0.4, 0.5) is 0 Å². The van der Waals surface area contributed by atoms with Crippen molar-refractivity contribution in [2.45, 2.75) is 26.7 Å². The molecule has 0 aliphatic rings. The minimum atomic E-state index is 0. The molecule has 0 atom stereocenters. The third kappa shape index (κ3) is 5.63. The zero-order valence-electron chi connectivity index (χ0n) is 13.4. The molecule has 0 bridgehead atoms. The van der Waals surface area contributed by atoms with E-state index in [2.05, 4.69) is 20.1 Å². The molecular formula is C17H22MgO3. The van der Waals surface area contributed by atoms with Crippen LogP contribution in [-0.4, -0.2) is 37.3 Å². The Hall–Kier alpha value is -1.13. The second-order valence-electron chi connectivity index (χ2n) is 4.28. The summed E-state index contributed by atoms with van der Waals surface area (Å²) in [5, 5.41) is 0. The van der Waals surface area contributed by atoms with Crippen LogP contribution in [0.5, 0.6) is 11.5 Å². The molecule has 110 valence electrons. The maximum atomic E-state index is 5.29. The van der Waals surface area contributed by atoms with E-state index in [4.69, 9.17) is 13.9 Å². The van der Waals surface area contributed by atoms with Gasteiger partial charge in [0.05, 0.1) is 14.2 Å². The van der Waals surface area contributed by atoms with Gasteiger partial charge in [-0.1, -0.05) is 13.3 Å². The SMILES string of the molecule is COc1cc(-c2cc[c-]o2)cc(OC)c1C.[CH2-]CCC.[Mg+2]. The fourth-order valence-electron chi connectivity index (χ4n) is 1.62. The molecule has 2 aromatic rings. The van der Waals surface area contributed by atoms with Crippen molar-refractivity contribution in [2.24, 2.45) is 0 Å². The number of benzene rings is 1. The van der Waals surface area contributed by atoms with Crippen LogP contribution in [0.25, 0.3) is 11.3 Å². The van der Waals surface area contributed by atoms with Gasteiger partial charge < -0.3 is 20.8 Å². The molecule has 1 aromatic carbocycles. The van der Waals surface area contributed by atoms with Crippen molar-refractivity contribution in [3.05, 3.63) is 43.0 Å². The van der Waals surface area contributed by atoms with E-state index in [-0.39, 0.29) is 23.1 Å². The van der Waals surface area contributed by atoms with E-state index in [0.717, 1.165) is 34.8 Å². The van der Waals surface area contributed by atoms with E-state index in [1.807, 2.05) is 25.1 Å². The normalized spacial score (nSPS) is 9.19. The number of rotatable bonds is 4. The third-order valence-electron chi connectivity index (χ3n) is 2.86. The van der Waals surface area contributed by atoms with Crippen LogP contribution < -0.4 is 9.47 Å². The minimum Gasteiger partial charge on any atom is -0.591 e. The Morgan fingerprint density at radius 3 is 2.05 bits per heavy atom. The standard InChI is InChI=1S/C13H13O3.C4H9.Mg/c1-9-12(14-2)7-10(8-13(9)15-3)11-5-4-6-16-11;1-3-4-2;/h4-5,7-8H,1-3H3;1,3-4H2,2H3;/q2*-1;+2. The number of ether oxygens (including phenoxy) is 2. The van der Waals surface area contributed by atoms with Crippen LogP contribution in [0.3, 0.4) is 0 Å². The predicted molar refractivity (Wildman–Crippen MR) is 86.8 cm³/mol. The van der Waals surface area contributed by atoms with Gasteiger partial charge in [0.15, 0.2) is 0 Å². The molecule has 0 aliphatic carbocycles. The van der Waals surface area contributed by atoms with Crippen LogP contribution in [0.15, 0.2) is 28.7 Å². The molecule has 1 aromatic heterocycles. The van der Waals surface area contributed by atoms with Gasteiger partial charge in [-0.15, -0.1) is 6.07 Å². The molecule has 0 N–H and O–H groups in total. The first-order chi connectivity index (χ1) is 9.67. The molecule has 2 rings (SSSR count). The second-order valence-corrected chi connectivity index (χ2v) is 4.28. The van der Waals surface area contributed by atoms with E-state index < -0.39 is 0 Å². The van der Waals surface area contributed by atoms with Crippen molar-refractivity contribution < 1.29 is 13.9 Å². The fraction of sp³-hybridized carbons (Fsp3) is 0.353. The van der Waals surface area contributed by atoms with Crippen molar-refractivity contribution in [3.8, 4) is 22.8 Å². The van der Waals surface area contributed by atoms with E-state index in [0.29, 0.717) is 0 Å². The third-order valence-corrected chi connectivity index (χ3v) is 2.86. The number of furan rings is 1. The van der Waals surface area contributed by atoms with E-state index in [1.165, 1.54) is 6.42 Å². The van der Waals surface area contributed by atoms with Gasteiger partial charge in [0.1, 0.15) is 11.5 Å². The first-order valence-electron chi connectivity index (χ1n) is 6.66. The second kappa shape index (κ2) is 10.6. The Balaban J connectivity index is 0.000000715. The largest absolute Gasteiger partial charge is 2.00 e. The number of unbranched alkanes of at least 4 members (excludes halogenated alkanes) is 1. The molecule has 0 aliphatic heterocycles. The molecule has 0 saturated heterocycles. The summed E-state index contributed by atoms with van der Waals surface area (Å²) in [5.74, 6) is 2.31. The molecule has 1 heterocycles. The van der Waals surface area contributed by atoms with Crippen molar-refractivity contribution in [1.82, 2.24) is 0 Å². The van der Waals surface area contributed by atoms with Crippen LogP contribution in [-0.2, 0) is 0 Å². The molecule has 21 heavy (non-hydrogen) atoms. The Morgan fingerprint density at radius 1 is 1.19 bits per heavy atom. The van der Waals surface area contributed by atoms with Crippen LogP contribution >= 0.6 is 0 Å². The van der Waals surface area contributed by atoms with Crippen LogP contribution in [0, 0.1) is 20.1 Å². The molecule has 0 fully saturated rings. The summed E-state index contributed by atoms with van der Waals surface area (Å²) < 4.78 is 15.8. The van der Waals surface area contributed by atoms with Gasteiger partial charge in [-0.2, -0.15) is 12.5 Å². The minimum absolute atomic E-state index is 0. The first kappa shape index (κ1) is 19.9. The van der Waals surface area contributed by atoms with Gasteiger partial charge in [0, 0.05) is 5.56 Å². The molecule has 3 nitrogen and oxygen atoms in total. The zero-order chi connectivity index (χ0) is 15.0. The summed E-state index contributed by atoms with van der Waals surface area (Å²) in [6.45, 7) is 7.68. The quantitative estimate of drug-likeness (QED) is 0.622. The van der Waals surface area contributed by atoms with Crippen molar-refractivity contribution in [2.75, 3.05) is 14.2 Å². The number of hydrogen-bond acceptors (Lipinski definition) is 3. The maximum Gasteiger partial charge on any atom is 2.00 e. The predicted octanol–water partition coefficient (Wildman–Crippen LogP) is 4.31. The van der Waals surface area contributed by atoms with Crippen molar-refractivity contribution >= 4 is 23.1 Å². The molecule has 0 amide bonds. The zero-order valence-corrected chi connectivity index (χ0v) is 14.8. The summed E-state index contributed by atoms with van der Waals surface area (Å²) in [4.78, 5) is 0. The molecule has 4 heteroatoms. The van der Waals surface area contributed by atoms with Gasteiger partial charge in [-0.3, -0.25) is 0 Å². The number of hydrogen-bond donors (Lipinski definition) is 0. The van der Waals surface area contributed by atoms with Crippen LogP contribution in [0.1, 0.15) is 25.3 Å². The summed E-state index contributed by atoms with van der Waals surface area (Å²) in [6, 6.07) is 7.42. The molecule has 0 unspecified atom stereocenters. The summed E-state index contributed by atoms with van der Waals surface area (Å²) >= 11 is 0. The molecule has 0 saturated carbocycles. The maximum absolute atomic E-state index is 5.29. The van der Waals surface area contributed by atoms with Crippen LogP contribution in [0.2, 0.25) is 0 Å². The fourth-order valence-corrected chi connectivity index (χ4v) is 1.62. The monoisotopic (exact) mass is 298 g/mol. The average molecular weight is 299 g/mol. The molecule has 0 spiro atoms. The van der Waals surface area contributed by atoms with Gasteiger partial charge in [0.2, 0.25) is 0 Å². The van der Waals surface area contributed by atoms with E-state index in [1.54, 1.807) is 20.3 Å². The van der Waals surface area contributed by atoms with Crippen molar-refractivity contribution in [1.29, 1.82) is 0 Å². The summed E-state index contributed by atoms with van der Waals surface area (Å²) in [5.41, 5.74) is 1.89. The Morgan fingerprint density at radius 2 is 1.71 bits per heavy atom. The Kier molecular flexibility index (Phi) is 10.0. The van der Waals surface area contributed by atoms with Crippen molar-refractivity contribution in [3.63, 3.8) is 0 Å². The number of methoxy groups -OCH3 is 2. The summed E-state index contributed by atoms with van der Waals surface area (Å²) in [6.07, 6.45) is 4.94. The Labute approximate surface area is 143 Å². The van der Waals surface area contributed by atoms with Gasteiger partial charge in [0.25, 0.3) is 0 Å². The molecular weight excluding hydrogens is 276 g/mol. The topological polar surface area (TPSA) is 31.6 Å². The smallest absolute Gasteiger partial charge is 0.591 e. The van der Waals surface area contributed by atoms with E-state index in [9.17, 15) is 0 Å². The molecule has 0 radical (unpaired) electrons. The summed E-state index contributed by atoms with van der Waals surface area (Å²) in [7, 11) is 3.28. The average Bonchev–Trinajstić information content (AvgIpc) is 3.02. The van der Waals surface area contributed by atoms with Gasteiger partial charge in [-0.25, -0.2) is 0 Å². The van der Waals surface area contributed by atoms with Gasteiger partial charge >= 0.3 is 23.1 Å². The van der Waals surface area contributed by atoms with E-state index >= 15 is 0 Å². The Bertz CT molecular complexity index is 480.